The monoisotopic (exact) mass is 345 g/mol. The zero-order chi connectivity index (χ0) is 17.9. The highest BCUT2D eigenvalue weighted by Gasteiger charge is 2.34. The van der Waals surface area contributed by atoms with Crippen LogP contribution < -0.4 is 10.9 Å². The number of hydrogen-bond acceptors (Lipinski definition) is 3. The Hall–Kier alpha value is -2.32. The molecule has 0 bridgehead atoms. The first-order valence-electron chi connectivity index (χ1n) is 7.50. The van der Waals surface area contributed by atoms with E-state index < -0.39 is 29.8 Å². The molecule has 0 saturated carbocycles. The summed E-state index contributed by atoms with van der Waals surface area (Å²) in [7, 11) is 0. The van der Waals surface area contributed by atoms with Gasteiger partial charge in [-0.15, -0.1) is 0 Å². The Labute approximate surface area is 136 Å². The standard InChI is InChI=1S/C15H18F3N3O3/c1-10(22)20-7-4-11(5-8-20)19-13(23)9-21-6-2-3-12(14(21)24)15(16,17)18/h2-3,6,11H,4-5,7-9H2,1H3,(H,19,23). The molecule has 2 amide bonds. The summed E-state index contributed by atoms with van der Waals surface area (Å²) in [6.07, 6.45) is -2.46. The van der Waals surface area contributed by atoms with Crippen molar-refractivity contribution in [3.8, 4) is 0 Å². The van der Waals surface area contributed by atoms with Crippen molar-refractivity contribution in [3.63, 3.8) is 0 Å². The molecule has 1 aliphatic heterocycles. The third-order valence-electron chi connectivity index (χ3n) is 3.94. The smallest absolute Gasteiger partial charge is 0.352 e. The Morgan fingerprint density at radius 3 is 2.46 bits per heavy atom. The summed E-state index contributed by atoms with van der Waals surface area (Å²) in [5.74, 6) is -0.562. The van der Waals surface area contributed by atoms with Crippen LogP contribution in [-0.2, 0) is 22.3 Å². The number of amides is 2. The van der Waals surface area contributed by atoms with Gasteiger partial charge in [-0.1, -0.05) is 0 Å². The fraction of sp³-hybridized carbons (Fsp3) is 0.533. The van der Waals surface area contributed by atoms with Crippen LogP contribution in [0.1, 0.15) is 25.3 Å². The molecule has 9 heteroatoms. The van der Waals surface area contributed by atoms with Crippen molar-refractivity contribution in [2.75, 3.05) is 13.1 Å². The first kappa shape index (κ1) is 18.0. The van der Waals surface area contributed by atoms with Crippen molar-refractivity contribution in [1.29, 1.82) is 0 Å². The SMILES string of the molecule is CC(=O)N1CCC(NC(=O)Cn2cccc(C(F)(F)F)c2=O)CC1. The third-order valence-corrected chi connectivity index (χ3v) is 3.94. The molecule has 1 N–H and O–H groups in total. The van der Waals surface area contributed by atoms with Gasteiger partial charge in [0, 0.05) is 32.3 Å². The van der Waals surface area contributed by atoms with E-state index in [0.29, 0.717) is 32.0 Å². The molecular formula is C15H18F3N3O3. The van der Waals surface area contributed by atoms with Crippen LogP contribution in [0.5, 0.6) is 0 Å². The van der Waals surface area contributed by atoms with Crippen LogP contribution in [0.15, 0.2) is 23.1 Å². The van der Waals surface area contributed by atoms with Gasteiger partial charge in [0.05, 0.1) is 0 Å². The molecule has 0 aliphatic carbocycles. The number of likely N-dealkylation sites (tertiary alicyclic amines) is 1. The zero-order valence-corrected chi connectivity index (χ0v) is 13.1. The molecule has 24 heavy (non-hydrogen) atoms. The van der Waals surface area contributed by atoms with E-state index in [4.69, 9.17) is 0 Å². The highest BCUT2D eigenvalue weighted by molar-refractivity contribution is 5.76. The number of pyridine rings is 1. The number of nitrogens with zero attached hydrogens (tertiary/aromatic N) is 2. The Bertz CT molecular complexity index is 677. The van der Waals surface area contributed by atoms with E-state index in [1.807, 2.05) is 0 Å². The molecule has 1 aromatic heterocycles. The van der Waals surface area contributed by atoms with E-state index in [2.05, 4.69) is 5.32 Å². The minimum absolute atomic E-state index is 0.0321. The molecule has 1 aliphatic rings. The molecule has 1 fully saturated rings. The van der Waals surface area contributed by atoms with Crippen LogP contribution in [0, 0.1) is 0 Å². The maximum Gasteiger partial charge on any atom is 0.421 e. The number of rotatable bonds is 3. The summed E-state index contributed by atoms with van der Waals surface area (Å²) < 4.78 is 38.8. The van der Waals surface area contributed by atoms with E-state index in [-0.39, 0.29) is 11.9 Å². The number of carbonyl (C=O) groups excluding carboxylic acids is 2. The average Bonchev–Trinajstić information content (AvgIpc) is 2.48. The fourth-order valence-electron chi connectivity index (χ4n) is 2.64. The Balaban J connectivity index is 1.97. The van der Waals surface area contributed by atoms with Crippen molar-refractivity contribution in [1.82, 2.24) is 14.8 Å². The van der Waals surface area contributed by atoms with Crippen molar-refractivity contribution in [2.24, 2.45) is 0 Å². The highest BCUT2D eigenvalue weighted by Crippen LogP contribution is 2.25. The predicted molar refractivity (Wildman–Crippen MR) is 79.1 cm³/mol. The number of carbonyl (C=O) groups is 2. The largest absolute Gasteiger partial charge is 0.421 e. The minimum atomic E-state index is -4.75. The molecule has 1 saturated heterocycles. The molecule has 0 atom stereocenters. The lowest BCUT2D eigenvalue weighted by Gasteiger charge is -2.31. The summed E-state index contributed by atoms with van der Waals surface area (Å²) in [5, 5.41) is 2.69. The number of hydrogen-bond donors (Lipinski definition) is 1. The van der Waals surface area contributed by atoms with Gasteiger partial charge in [0.2, 0.25) is 11.8 Å². The van der Waals surface area contributed by atoms with Gasteiger partial charge < -0.3 is 14.8 Å². The minimum Gasteiger partial charge on any atom is -0.352 e. The van der Waals surface area contributed by atoms with Gasteiger partial charge in [-0.2, -0.15) is 13.2 Å². The first-order valence-corrected chi connectivity index (χ1v) is 7.50. The second kappa shape index (κ2) is 7.06. The van der Waals surface area contributed by atoms with Crippen LogP contribution in [0.25, 0.3) is 0 Å². The van der Waals surface area contributed by atoms with Gasteiger partial charge in [0.15, 0.2) is 0 Å². The normalized spacial score (nSPS) is 16.1. The summed E-state index contributed by atoms with van der Waals surface area (Å²) in [4.78, 5) is 36.7. The second-order valence-electron chi connectivity index (χ2n) is 5.70. The maximum absolute atomic E-state index is 12.7. The van der Waals surface area contributed by atoms with E-state index in [1.54, 1.807) is 4.90 Å². The molecule has 2 rings (SSSR count). The number of alkyl halides is 3. The lowest BCUT2D eigenvalue weighted by Crippen LogP contribution is -2.47. The molecule has 0 radical (unpaired) electrons. The number of nitrogens with one attached hydrogen (secondary N) is 1. The molecule has 2 heterocycles. The van der Waals surface area contributed by atoms with Gasteiger partial charge >= 0.3 is 6.18 Å². The topological polar surface area (TPSA) is 71.4 Å². The number of halogens is 3. The molecule has 132 valence electrons. The molecule has 0 unspecified atom stereocenters. The van der Waals surface area contributed by atoms with Crippen LogP contribution in [0.3, 0.4) is 0 Å². The van der Waals surface area contributed by atoms with Crippen molar-refractivity contribution in [2.45, 2.75) is 38.5 Å². The molecule has 0 spiro atoms. The first-order chi connectivity index (χ1) is 11.2. The summed E-state index contributed by atoms with van der Waals surface area (Å²) in [5.41, 5.74) is -2.54. The van der Waals surface area contributed by atoms with Gasteiger partial charge in [-0.05, 0) is 25.0 Å². The molecule has 0 aromatic carbocycles. The average molecular weight is 345 g/mol. The number of aromatic nitrogens is 1. The Morgan fingerprint density at radius 2 is 1.92 bits per heavy atom. The summed E-state index contributed by atoms with van der Waals surface area (Å²) >= 11 is 0. The van der Waals surface area contributed by atoms with Crippen molar-refractivity contribution in [3.05, 3.63) is 34.2 Å². The number of piperidine rings is 1. The molecular weight excluding hydrogens is 327 g/mol. The third kappa shape index (κ3) is 4.36. The van der Waals surface area contributed by atoms with E-state index in [9.17, 15) is 27.6 Å². The lowest BCUT2D eigenvalue weighted by atomic mass is 10.1. The van der Waals surface area contributed by atoms with Crippen molar-refractivity contribution < 1.29 is 22.8 Å². The van der Waals surface area contributed by atoms with Crippen molar-refractivity contribution >= 4 is 11.8 Å². The highest BCUT2D eigenvalue weighted by atomic mass is 19.4. The van der Waals surface area contributed by atoms with E-state index >= 15 is 0 Å². The zero-order valence-electron chi connectivity index (χ0n) is 13.1. The molecule has 1 aromatic rings. The van der Waals surface area contributed by atoms with Gasteiger partial charge in [-0.25, -0.2) is 0 Å². The van der Waals surface area contributed by atoms with Gasteiger partial charge in [0.1, 0.15) is 12.1 Å². The van der Waals surface area contributed by atoms with Gasteiger partial charge in [-0.3, -0.25) is 14.4 Å². The Morgan fingerprint density at radius 1 is 1.29 bits per heavy atom. The lowest BCUT2D eigenvalue weighted by molar-refractivity contribution is -0.139. The Kier molecular flexibility index (Phi) is 5.30. The fourth-order valence-corrected chi connectivity index (χ4v) is 2.64. The van der Waals surface area contributed by atoms with Gasteiger partial charge in [0.25, 0.3) is 5.56 Å². The maximum atomic E-state index is 12.7. The molecule has 6 nitrogen and oxygen atoms in total. The van der Waals surface area contributed by atoms with E-state index in [1.165, 1.54) is 6.92 Å². The van der Waals surface area contributed by atoms with Crippen LogP contribution in [0.4, 0.5) is 13.2 Å². The summed E-state index contributed by atoms with van der Waals surface area (Å²) in [6, 6.07) is 1.62. The van der Waals surface area contributed by atoms with Crippen LogP contribution >= 0.6 is 0 Å². The van der Waals surface area contributed by atoms with E-state index in [0.717, 1.165) is 16.8 Å². The quantitative estimate of drug-likeness (QED) is 0.888. The second-order valence-corrected chi connectivity index (χ2v) is 5.70. The van der Waals surface area contributed by atoms with Crippen LogP contribution in [-0.4, -0.2) is 40.4 Å². The summed E-state index contributed by atoms with van der Waals surface area (Å²) in [6.45, 7) is 2.03. The predicted octanol–water partition coefficient (Wildman–Crippen LogP) is 0.994. The van der Waals surface area contributed by atoms with Crippen LogP contribution in [0.2, 0.25) is 0 Å².